The quantitative estimate of drug-likeness (QED) is 0.818. The highest BCUT2D eigenvalue weighted by Gasteiger charge is 2.25. The van der Waals surface area contributed by atoms with Crippen molar-refractivity contribution in [1.29, 1.82) is 0 Å². The van der Waals surface area contributed by atoms with Gasteiger partial charge in [-0.25, -0.2) is 9.78 Å². The van der Waals surface area contributed by atoms with E-state index in [0.717, 1.165) is 17.7 Å². The summed E-state index contributed by atoms with van der Waals surface area (Å²) in [5, 5.41) is 12.4. The summed E-state index contributed by atoms with van der Waals surface area (Å²) in [5.74, 6) is -0.229. The van der Waals surface area contributed by atoms with Crippen LogP contribution in [0.25, 0.3) is 0 Å². The number of carbonyl (C=O) groups is 2. The monoisotopic (exact) mass is 347 g/mol. The minimum atomic E-state index is -0.936. The molecule has 0 radical (unpaired) electrons. The van der Waals surface area contributed by atoms with Crippen molar-refractivity contribution >= 4 is 39.3 Å². The minimum Gasteiger partial charge on any atom is -0.465 e. The largest absolute Gasteiger partial charge is 0.465 e. The third-order valence-corrected chi connectivity index (χ3v) is 4.77. The summed E-state index contributed by atoms with van der Waals surface area (Å²) in [5.41, 5.74) is 2.06. The molecular weight excluding hydrogens is 334 g/mol. The number of nitrogens with one attached hydrogen (secondary N) is 1. The van der Waals surface area contributed by atoms with Crippen LogP contribution in [0.5, 0.6) is 0 Å². The number of nitrogens with zero attached hydrogens (tertiary/aromatic N) is 2. The van der Waals surface area contributed by atoms with E-state index in [1.165, 1.54) is 16.2 Å². The smallest absolute Gasteiger partial charge is 0.407 e. The molecule has 2 heterocycles. The first-order chi connectivity index (χ1) is 9.11. The lowest BCUT2D eigenvalue weighted by atomic mass is 10.1. The van der Waals surface area contributed by atoms with Crippen LogP contribution in [-0.4, -0.2) is 46.1 Å². The average molecular weight is 348 g/mol. The number of alkyl halides is 1. The van der Waals surface area contributed by atoms with Crippen molar-refractivity contribution < 1.29 is 14.7 Å². The molecule has 1 atom stereocenters. The number of hydrogen-bond acceptors (Lipinski definition) is 4. The maximum absolute atomic E-state index is 12.1. The minimum absolute atomic E-state index is 0.137. The Labute approximate surface area is 122 Å². The van der Waals surface area contributed by atoms with Gasteiger partial charge in [-0.3, -0.25) is 4.79 Å². The highest BCUT2D eigenvalue weighted by molar-refractivity contribution is 9.08. The molecule has 0 saturated carbocycles. The van der Waals surface area contributed by atoms with Crippen LogP contribution in [0.2, 0.25) is 0 Å². The molecule has 2 N–H and O–H groups in total. The highest BCUT2D eigenvalue weighted by Crippen LogP contribution is 2.17. The van der Waals surface area contributed by atoms with Crippen LogP contribution < -0.4 is 5.32 Å². The lowest BCUT2D eigenvalue weighted by Crippen LogP contribution is -2.49. The Balaban J connectivity index is 1.97. The summed E-state index contributed by atoms with van der Waals surface area (Å²) in [7, 11) is 0. The van der Waals surface area contributed by atoms with Crippen molar-refractivity contribution in [2.24, 2.45) is 0 Å². The van der Waals surface area contributed by atoms with E-state index >= 15 is 0 Å². The van der Waals surface area contributed by atoms with E-state index in [-0.39, 0.29) is 11.9 Å². The third-order valence-electron chi connectivity index (χ3n) is 3.00. The Hall–Kier alpha value is -1.15. The molecule has 0 spiro atoms. The molecule has 1 aliphatic heterocycles. The fraction of sp³-hybridized carbons (Fsp3) is 0.545. The first-order valence-corrected chi connectivity index (χ1v) is 7.89. The van der Waals surface area contributed by atoms with E-state index < -0.39 is 6.09 Å². The molecule has 19 heavy (non-hydrogen) atoms. The Bertz CT molecular complexity index is 480. The van der Waals surface area contributed by atoms with E-state index in [0.29, 0.717) is 24.1 Å². The van der Waals surface area contributed by atoms with Gasteiger partial charge in [0.25, 0.3) is 5.91 Å². The first kappa shape index (κ1) is 14.3. The van der Waals surface area contributed by atoms with Gasteiger partial charge in [0.2, 0.25) is 0 Å². The van der Waals surface area contributed by atoms with E-state index in [4.69, 9.17) is 5.11 Å². The zero-order valence-electron chi connectivity index (χ0n) is 10.1. The molecule has 1 aromatic heterocycles. The summed E-state index contributed by atoms with van der Waals surface area (Å²) < 4.78 is 0. The van der Waals surface area contributed by atoms with Gasteiger partial charge >= 0.3 is 6.09 Å². The molecule has 1 aliphatic rings. The number of carbonyl (C=O) groups excluding carboxylic acids is 1. The van der Waals surface area contributed by atoms with Gasteiger partial charge < -0.3 is 15.3 Å². The van der Waals surface area contributed by atoms with Gasteiger partial charge in [-0.05, 0) is 12.8 Å². The normalized spacial score (nSPS) is 19.2. The second kappa shape index (κ2) is 6.33. The topological polar surface area (TPSA) is 82.5 Å². The number of hydrogen-bond donors (Lipinski definition) is 2. The van der Waals surface area contributed by atoms with Crippen LogP contribution >= 0.6 is 27.3 Å². The van der Waals surface area contributed by atoms with Crippen molar-refractivity contribution in [3.8, 4) is 0 Å². The summed E-state index contributed by atoms with van der Waals surface area (Å²) in [6.07, 6.45) is 0.622. The molecule has 1 unspecified atom stereocenters. The average Bonchev–Trinajstić information content (AvgIpc) is 2.87. The molecule has 1 saturated heterocycles. The SMILES string of the molecule is O=C(NC1CCCN(C(=O)O)C1)c1ncsc1CBr. The Kier molecular flexibility index (Phi) is 4.76. The van der Waals surface area contributed by atoms with Gasteiger partial charge in [-0.2, -0.15) is 0 Å². The van der Waals surface area contributed by atoms with Crippen LogP contribution in [0.3, 0.4) is 0 Å². The second-order valence-electron chi connectivity index (χ2n) is 4.30. The number of carboxylic acid groups (broad SMARTS) is 1. The number of aromatic nitrogens is 1. The molecule has 2 rings (SSSR count). The van der Waals surface area contributed by atoms with Gasteiger partial charge in [0.05, 0.1) is 5.51 Å². The Morgan fingerprint density at radius 3 is 3.11 bits per heavy atom. The lowest BCUT2D eigenvalue weighted by molar-refractivity contribution is 0.0884. The molecule has 0 bridgehead atoms. The maximum atomic E-state index is 12.1. The fourth-order valence-corrected chi connectivity index (χ4v) is 3.34. The van der Waals surface area contributed by atoms with Crippen molar-refractivity contribution in [2.75, 3.05) is 13.1 Å². The molecule has 2 amide bonds. The van der Waals surface area contributed by atoms with Crippen molar-refractivity contribution in [3.05, 3.63) is 16.1 Å². The van der Waals surface area contributed by atoms with Gasteiger partial charge in [0.15, 0.2) is 0 Å². The van der Waals surface area contributed by atoms with Gasteiger partial charge in [0, 0.05) is 29.3 Å². The number of halogens is 1. The molecule has 1 fully saturated rings. The van der Waals surface area contributed by atoms with E-state index in [1.54, 1.807) is 5.51 Å². The van der Waals surface area contributed by atoms with E-state index in [1.807, 2.05) is 0 Å². The standard InChI is InChI=1S/C11H14BrN3O3S/c12-4-8-9(13-6-19-8)10(16)14-7-2-1-3-15(5-7)11(17)18/h6-7H,1-5H2,(H,14,16)(H,17,18). The highest BCUT2D eigenvalue weighted by atomic mass is 79.9. The number of rotatable bonds is 3. The van der Waals surface area contributed by atoms with Crippen molar-refractivity contribution in [1.82, 2.24) is 15.2 Å². The number of likely N-dealkylation sites (tertiary alicyclic amines) is 1. The predicted octanol–water partition coefficient (Wildman–Crippen LogP) is 1.91. The fourth-order valence-electron chi connectivity index (χ4n) is 2.07. The Morgan fingerprint density at radius 1 is 1.63 bits per heavy atom. The summed E-state index contributed by atoms with van der Waals surface area (Å²) in [6, 6.07) is -0.137. The molecular formula is C11H14BrN3O3S. The molecule has 104 valence electrons. The van der Waals surface area contributed by atoms with Gasteiger partial charge in [-0.15, -0.1) is 11.3 Å². The predicted molar refractivity (Wildman–Crippen MR) is 74.8 cm³/mol. The van der Waals surface area contributed by atoms with Gasteiger partial charge in [-0.1, -0.05) is 15.9 Å². The zero-order valence-corrected chi connectivity index (χ0v) is 12.5. The number of amides is 2. The molecule has 8 heteroatoms. The first-order valence-electron chi connectivity index (χ1n) is 5.89. The van der Waals surface area contributed by atoms with Crippen LogP contribution in [0, 0.1) is 0 Å². The third kappa shape index (κ3) is 3.44. The van der Waals surface area contributed by atoms with Crippen molar-refractivity contribution in [2.45, 2.75) is 24.2 Å². The van der Waals surface area contributed by atoms with Gasteiger partial charge in [0.1, 0.15) is 5.69 Å². The summed E-state index contributed by atoms with van der Waals surface area (Å²) in [4.78, 5) is 29.3. The second-order valence-corrected chi connectivity index (χ2v) is 5.80. The number of thiazole rings is 1. The molecule has 0 aromatic carbocycles. The molecule has 0 aliphatic carbocycles. The van der Waals surface area contributed by atoms with Crippen LogP contribution in [0.4, 0.5) is 4.79 Å². The maximum Gasteiger partial charge on any atom is 0.407 e. The van der Waals surface area contributed by atoms with E-state index in [9.17, 15) is 9.59 Å². The van der Waals surface area contributed by atoms with Crippen LogP contribution in [0.1, 0.15) is 28.2 Å². The number of piperidine rings is 1. The molecule has 1 aromatic rings. The lowest BCUT2D eigenvalue weighted by Gasteiger charge is -2.31. The van der Waals surface area contributed by atoms with E-state index in [2.05, 4.69) is 26.2 Å². The van der Waals surface area contributed by atoms with Crippen LogP contribution in [-0.2, 0) is 5.33 Å². The molecule has 6 nitrogen and oxygen atoms in total. The Morgan fingerprint density at radius 2 is 2.42 bits per heavy atom. The zero-order chi connectivity index (χ0) is 13.8. The van der Waals surface area contributed by atoms with Crippen molar-refractivity contribution in [3.63, 3.8) is 0 Å². The summed E-state index contributed by atoms with van der Waals surface area (Å²) in [6.45, 7) is 0.875. The van der Waals surface area contributed by atoms with Crippen LogP contribution in [0.15, 0.2) is 5.51 Å². The summed E-state index contributed by atoms with van der Waals surface area (Å²) >= 11 is 4.74.